The summed E-state index contributed by atoms with van der Waals surface area (Å²) in [5.41, 5.74) is 6.62. The first-order valence-corrected chi connectivity index (χ1v) is 9.18. The van der Waals surface area contributed by atoms with E-state index in [1.807, 2.05) is 36.4 Å². The normalized spacial score (nSPS) is 15.1. The van der Waals surface area contributed by atoms with Crippen LogP contribution in [0.4, 0.5) is 4.79 Å². The van der Waals surface area contributed by atoms with Crippen LogP contribution in [0.5, 0.6) is 0 Å². The van der Waals surface area contributed by atoms with Gasteiger partial charge in [-0.2, -0.15) is 0 Å². The van der Waals surface area contributed by atoms with Crippen molar-refractivity contribution in [3.63, 3.8) is 0 Å². The molecule has 0 spiro atoms. The second-order valence-corrected chi connectivity index (χ2v) is 6.76. The minimum absolute atomic E-state index is 0.126. The number of amides is 3. The molecular weight excluding hydrogens is 358 g/mol. The van der Waals surface area contributed by atoms with Gasteiger partial charge in [0.1, 0.15) is 6.04 Å². The second-order valence-electron chi connectivity index (χ2n) is 6.76. The summed E-state index contributed by atoms with van der Waals surface area (Å²) in [4.78, 5) is 36.8. The van der Waals surface area contributed by atoms with Crippen molar-refractivity contribution in [1.29, 1.82) is 0 Å². The molecule has 1 saturated carbocycles. The van der Waals surface area contributed by atoms with Crippen molar-refractivity contribution >= 4 is 17.9 Å². The summed E-state index contributed by atoms with van der Waals surface area (Å²) in [7, 11) is 0. The Hall–Kier alpha value is -3.35. The topological polar surface area (TPSA) is 111 Å². The van der Waals surface area contributed by atoms with Crippen LogP contribution in [0.2, 0.25) is 0 Å². The number of rotatable bonds is 8. The fourth-order valence-corrected chi connectivity index (χ4v) is 2.82. The fraction of sp³-hybridized carbons (Fsp3) is 0.286. The summed E-state index contributed by atoms with van der Waals surface area (Å²) < 4.78 is 5.54. The largest absolute Gasteiger partial charge is 0.446 e. The lowest BCUT2D eigenvalue weighted by Crippen LogP contribution is -2.47. The number of carbonyl (C=O) groups is 3. The molecule has 4 N–H and O–H groups in total. The highest BCUT2D eigenvalue weighted by molar-refractivity contribution is 5.88. The number of benzene rings is 2. The number of carbonyl (C=O) groups excluding carboxylic acids is 3. The van der Waals surface area contributed by atoms with Crippen LogP contribution in [0.25, 0.3) is 0 Å². The molecule has 2 aromatic carbocycles. The summed E-state index contributed by atoms with van der Waals surface area (Å²) in [6.07, 6.45) is 0.943. The Morgan fingerprint density at radius 3 is 2.18 bits per heavy atom. The number of ether oxygens (including phenoxy) is 1. The standard InChI is InChI=1S/C21H23N3O4/c22-21(27)24-17(13-14-7-3-1-4-8-14)20(26)28-18(15-9-5-2-6-10-15)19(25)23-16-11-12-16/h1-10,16-18H,11-13H2,(H,23,25)(H3,22,24,27)/t17-,18+/m0/s1. The van der Waals surface area contributed by atoms with Gasteiger partial charge in [0.2, 0.25) is 6.10 Å². The summed E-state index contributed by atoms with van der Waals surface area (Å²) >= 11 is 0. The third-order valence-corrected chi connectivity index (χ3v) is 4.38. The van der Waals surface area contributed by atoms with Crippen molar-refractivity contribution in [3.05, 3.63) is 71.8 Å². The fourth-order valence-electron chi connectivity index (χ4n) is 2.82. The molecule has 146 valence electrons. The molecule has 3 rings (SSSR count). The smallest absolute Gasteiger partial charge is 0.330 e. The average Bonchev–Trinajstić information content (AvgIpc) is 3.50. The molecule has 28 heavy (non-hydrogen) atoms. The maximum absolute atomic E-state index is 12.8. The number of hydrogen-bond acceptors (Lipinski definition) is 4. The molecule has 0 aromatic heterocycles. The minimum Gasteiger partial charge on any atom is -0.446 e. The predicted octanol–water partition coefficient (Wildman–Crippen LogP) is 1.83. The highest BCUT2D eigenvalue weighted by Crippen LogP contribution is 2.23. The van der Waals surface area contributed by atoms with Gasteiger partial charge in [0.15, 0.2) is 0 Å². The van der Waals surface area contributed by atoms with E-state index in [1.54, 1.807) is 24.3 Å². The lowest BCUT2D eigenvalue weighted by Gasteiger charge is -2.22. The van der Waals surface area contributed by atoms with Gasteiger partial charge in [-0.3, -0.25) is 4.79 Å². The number of urea groups is 1. The van der Waals surface area contributed by atoms with Crippen LogP contribution >= 0.6 is 0 Å². The van der Waals surface area contributed by atoms with Gasteiger partial charge in [0.05, 0.1) is 0 Å². The van der Waals surface area contributed by atoms with Gasteiger partial charge < -0.3 is 21.1 Å². The van der Waals surface area contributed by atoms with Crippen molar-refractivity contribution in [1.82, 2.24) is 10.6 Å². The highest BCUT2D eigenvalue weighted by atomic mass is 16.5. The Labute approximate surface area is 163 Å². The third kappa shape index (κ3) is 5.57. The molecule has 0 heterocycles. The molecule has 1 aliphatic carbocycles. The van der Waals surface area contributed by atoms with E-state index in [1.165, 1.54) is 0 Å². The number of nitrogens with one attached hydrogen (secondary N) is 2. The van der Waals surface area contributed by atoms with Gasteiger partial charge in [0.25, 0.3) is 5.91 Å². The zero-order valence-electron chi connectivity index (χ0n) is 15.3. The van der Waals surface area contributed by atoms with Crippen molar-refractivity contribution in [2.45, 2.75) is 37.5 Å². The molecule has 7 heteroatoms. The number of esters is 1. The predicted molar refractivity (Wildman–Crippen MR) is 103 cm³/mol. The van der Waals surface area contributed by atoms with Crippen LogP contribution in [-0.4, -0.2) is 30.0 Å². The summed E-state index contributed by atoms with van der Waals surface area (Å²) in [6.45, 7) is 0. The molecule has 0 saturated heterocycles. The van der Waals surface area contributed by atoms with Gasteiger partial charge in [-0.1, -0.05) is 60.7 Å². The number of primary amides is 1. The number of hydrogen-bond donors (Lipinski definition) is 3. The first-order chi connectivity index (χ1) is 13.5. The molecule has 7 nitrogen and oxygen atoms in total. The van der Waals surface area contributed by atoms with Crippen LogP contribution in [0.1, 0.15) is 30.1 Å². The van der Waals surface area contributed by atoms with E-state index in [0.29, 0.717) is 5.56 Å². The lowest BCUT2D eigenvalue weighted by molar-refractivity contribution is -0.158. The molecule has 0 radical (unpaired) electrons. The SMILES string of the molecule is NC(=O)N[C@@H](Cc1ccccc1)C(=O)O[C@@H](C(=O)NC1CC1)c1ccccc1. The van der Waals surface area contributed by atoms with Crippen molar-refractivity contribution in [3.8, 4) is 0 Å². The minimum atomic E-state index is -1.10. The Kier molecular flexibility index (Phi) is 6.26. The van der Waals surface area contributed by atoms with E-state index in [4.69, 9.17) is 10.5 Å². The summed E-state index contributed by atoms with van der Waals surface area (Å²) in [5.74, 6) is -1.10. The lowest BCUT2D eigenvalue weighted by atomic mass is 10.1. The van der Waals surface area contributed by atoms with Gasteiger partial charge in [-0.15, -0.1) is 0 Å². The van der Waals surface area contributed by atoms with Crippen molar-refractivity contribution < 1.29 is 19.1 Å². The van der Waals surface area contributed by atoms with Crippen molar-refractivity contribution in [2.75, 3.05) is 0 Å². The zero-order chi connectivity index (χ0) is 19.9. The Bertz CT molecular complexity index is 822. The van der Waals surface area contributed by atoms with E-state index in [0.717, 1.165) is 18.4 Å². The molecule has 0 unspecified atom stereocenters. The average molecular weight is 381 g/mol. The van der Waals surface area contributed by atoms with Gasteiger partial charge >= 0.3 is 12.0 Å². The summed E-state index contributed by atoms with van der Waals surface area (Å²) in [6, 6.07) is 16.3. The van der Waals surface area contributed by atoms with Crippen molar-refractivity contribution in [2.24, 2.45) is 5.73 Å². The highest BCUT2D eigenvalue weighted by Gasteiger charge is 2.33. The van der Waals surface area contributed by atoms with Gasteiger partial charge in [-0.05, 0) is 18.4 Å². The van der Waals surface area contributed by atoms with Gasteiger partial charge in [0, 0.05) is 18.0 Å². The van der Waals surface area contributed by atoms with Crippen LogP contribution in [0.15, 0.2) is 60.7 Å². The molecule has 1 aliphatic rings. The van der Waals surface area contributed by atoms with Crippen LogP contribution < -0.4 is 16.4 Å². The van der Waals surface area contributed by atoms with Gasteiger partial charge in [-0.25, -0.2) is 9.59 Å². The first-order valence-electron chi connectivity index (χ1n) is 9.18. The summed E-state index contributed by atoms with van der Waals surface area (Å²) in [5, 5.41) is 5.27. The second kappa shape index (κ2) is 9.03. The van der Waals surface area contributed by atoms with E-state index in [9.17, 15) is 14.4 Å². The zero-order valence-corrected chi connectivity index (χ0v) is 15.3. The maximum Gasteiger partial charge on any atom is 0.330 e. The van der Waals surface area contributed by atoms with Crippen LogP contribution in [0.3, 0.4) is 0 Å². The Balaban J connectivity index is 1.76. The quantitative estimate of drug-likeness (QED) is 0.606. The molecule has 0 bridgehead atoms. The van der Waals surface area contributed by atoms with Crippen LogP contribution in [0, 0.1) is 0 Å². The Morgan fingerprint density at radius 2 is 1.61 bits per heavy atom. The monoisotopic (exact) mass is 381 g/mol. The molecule has 3 amide bonds. The van der Waals surface area contributed by atoms with E-state index in [2.05, 4.69) is 10.6 Å². The Morgan fingerprint density at radius 1 is 1.00 bits per heavy atom. The van der Waals surface area contributed by atoms with E-state index >= 15 is 0 Å². The molecular formula is C21H23N3O4. The molecule has 1 fully saturated rings. The van der Waals surface area contributed by atoms with Crippen LogP contribution in [-0.2, 0) is 20.7 Å². The maximum atomic E-state index is 12.8. The van der Waals surface area contributed by atoms with E-state index in [-0.39, 0.29) is 18.4 Å². The molecule has 2 atom stereocenters. The first kappa shape index (κ1) is 19.4. The third-order valence-electron chi connectivity index (χ3n) is 4.38. The van der Waals surface area contributed by atoms with E-state index < -0.39 is 24.1 Å². The number of nitrogens with two attached hydrogens (primary N) is 1. The molecule has 0 aliphatic heterocycles. The molecule has 2 aromatic rings.